The first kappa shape index (κ1) is 36.2. The number of carbonyl (C=O) groups excluding carboxylic acids is 1. The number of carboxylic acid groups (broad SMARTS) is 1. The monoisotopic (exact) mass is 631 g/mol. The van der Waals surface area contributed by atoms with Crippen molar-refractivity contribution in [2.45, 2.75) is 84.1 Å². The molecular weight excluding hydrogens is 585 g/mol. The molecule has 9 heteroatoms. The van der Waals surface area contributed by atoms with Crippen LogP contribution in [0, 0.1) is 5.82 Å². The van der Waals surface area contributed by atoms with Crippen molar-refractivity contribution >= 4 is 17.6 Å². The van der Waals surface area contributed by atoms with Crippen LogP contribution in [0.15, 0.2) is 84.9 Å². The van der Waals surface area contributed by atoms with E-state index >= 15 is 0 Å². The minimum absolute atomic E-state index is 0. The lowest BCUT2D eigenvalue weighted by Crippen LogP contribution is -2.26. The van der Waals surface area contributed by atoms with E-state index in [1.165, 1.54) is 12.1 Å². The van der Waals surface area contributed by atoms with Gasteiger partial charge in [-0.3, -0.25) is 9.59 Å². The summed E-state index contributed by atoms with van der Waals surface area (Å²) in [4.78, 5) is 25.0. The highest BCUT2D eigenvalue weighted by Crippen LogP contribution is 2.42. The maximum absolute atomic E-state index is 14.0. The van der Waals surface area contributed by atoms with Crippen LogP contribution in [0.5, 0.6) is 0 Å². The number of hydrogen-bond donors (Lipinski definition) is 5. The first-order valence-corrected chi connectivity index (χ1v) is 15.5. The van der Waals surface area contributed by atoms with E-state index in [1.54, 1.807) is 12.1 Å². The van der Waals surface area contributed by atoms with Crippen LogP contribution in [-0.4, -0.2) is 49.5 Å². The number of amides is 1. The fourth-order valence-corrected chi connectivity index (χ4v) is 5.20. The minimum Gasteiger partial charge on any atom is -0.481 e. The summed E-state index contributed by atoms with van der Waals surface area (Å²) in [5.74, 6) is -1.93. The summed E-state index contributed by atoms with van der Waals surface area (Å²) < 4.78 is 16.0. The number of benzene rings is 3. The highest BCUT2D eigenvalue weighted by Gasteiger charge is 2.31. The molecule has 246 valence electrons. The number of para-hydroxylation sites is 1. The summed E-state index contributed by atoms with van der Waals surface area (Å²) in [5.41, 5.74) is 10.1. The molecule has 4 aromatic rings. The molecule has 0 radical (unpaired) electrons. The SMILES string of the molecule is CC(C)(C)N.CC(C)c1c(C(=O)Nc2ccccc2)c(-c2ccccc2)c(-c2ccc(F)cc2)n1CC[C@@H](O)C[C@@H](O)CC(=O)O. The number of nitrogens with zero attached hydrogens (tertiary/aromatic N) is 1. The predicted molar refractivity (Wildman–Crippen MR) is 181 cm³/mol. The Morgan fingerprint density at radius 3 is 1.93 bits per heavy atom. The minimum atomic E-state index is -1.18. The van der Waals surface area contributed by atoms with Gasteiger partial charge in [0.1, 0.15) is 5.82 Å². The van der Waals surface area contributed by atoms with E-state index < -0.39 is 24.6 Å². The second kappa shape index (κ2) is 16.3. The maximum atomic E-state index is 14.0. The van der Waals surface area contributed by atoms with Crippen LogP contribution >= 0.6 is 0 Å². The van der Waals surface area contributed by atoms with Gasteiger partial charge in [0.2, 0.25) is 0 Å². The number of halogens is 1. The zero-order valence-corrected chi connectivity index (χ0v) is 27.2. The molecule has 0 saturated heterocycles. The smallest absolute Gasteiger partial charge is 0.305 e. The van der Waals surface area contributed by atoms with E-state index in [-0.39, 0.29) is 42.6 Å². The number of carbonyl (C=O) groups is 2. The van der Waals surface area contributed by atoms with Crippen LogP contribution in [0.25, 0.3) is 22.4 Å². The van der Waals surface area contributed by atoms with Gasteiger partial charge in [-0.25, -0.2) is 4.39 Å². The number of nitrogens with two attached hydrogens (primary N) is 1. The van der Waals surface area contributed by atoms with Gasteiger partial charge < -0.3 is 30.9 Å². The number of rotatable bonds is 12. The van der Waals surface area contributed by atoms with Gasteiger partial charge in [-0.1, -0.05) is 62.4 Å². The van der Waals surface area contributed by atoms with Crippen LogP contribution in [-0.2, 0) is 11.3 Å². The van der Waals surface area contributed by atoms with Gasteiger partial charge in [-0.15, -0.1) is 0 Å². The van der Waals surface area contributed by atoms with Gasteiger partial charge in [0.25, 0.3) is 5.91 Å². The van der Waals surface area contributed by atoms with Crippen molar-refractivity contribution in [3.63, 3.8) is 0 Å². The molecular formula is C37H46FN3O5. The normalized spacial score (nSPS) is 12.7. The highest BCUT2D eigenvalue weighted by atomic mass is 19.1. The van der Waals surface area contributed by atoms with Crippen molar-refractivity contribution in [1.82, 2.24) is 4.57 Å². The average molecular weight is 632 g/mol. The van der Waals surface area contributed by atoms with Crippen molar-refractivity contribution in [3.05, 3.63) is 102 Å². The van der Waals surface area contributed by atoms with Crippen LogP contribution in [0.1, 0.15) is 75.9 Å². The van der Waals surface area contributed by atoms with E-state index in [9.17, 15) is 24.2 Å². The van der Waals surface area contributed by atoms with Crippen molar-refractivity contribution in [2.75, 3.05) is 5.32 Å². The number of aliphatic hydroxyl groups excluding tert-OH is 2. The number of hydrogen-bond acceptors (Lipinski definition) is 5. The molecule has 8 nitrogen and oxygen atoms in total. The third-order valence-corrected chi connectivity index (χ3v) is 6.93. The Balaban J connectivity index is 0.00000107. The van der Waals surface area contributed by atoms with E-state index in [1.807, 2.05) is 99.8 Å². The molecule has 4 rings (SSSR count). The van der Waals surface area contributed by atoms with Crippen molar-refractivity contribution in [3.8, 4) is 22.4 Å². The van der Waals surface area contributed by atoms with Crippen LogP contribution in [0.4, 0.5) is 10.1 Å². The van der Waals surface area contributed by atoms with E-state index in [4.69, 9.17) is 10.8 Å². The van der Waals surface area contributed by atoms with E-state index in [0.717, 1.165) is 11.3 Å². The Bertz CT molecular complexity index is 1560. The molecule has 0 spiro atoms. The fourth-order valence-electron chi connectivity index (χ4n) is 5.20. The zero-order valence-electron chi connectivity index (χ0n) is 27.2. The van der Waals surface area contributed by atoms with Gasteiger partial charge >= 0.3 is 5.97 Å². The number of aliphatic hydroxyl groups is 2. The zero-order chi connectivity index (χ0) is 34.0. The van der Waals surface area contributed by atoms with Gasteiger partial charge in [-0.2, -0.15) is 0 Å². The number of anilines is 1. The molecule has 0 bridgehead atoms. The summed E-state index contributed by atoms with van der Waals surface area (Å²) >= 11 is 0. The Morgan fingerprint density at radius 2 is 1.41 bits per heavy atom. The molecule has 1 aromatic heterocycles. The standard InChI is InChI=1S/C33H35FN2O5.C4H11N/c1-21(2)31-30(33(41)35-25-11-7-4-8-12-25)29(22-9-5-3-6-10-22)32(23-13-15-24(34)16-14-23)36(31)18-17-26(37)19-27(38)20-28(39)40;1-4(2,3)5/h3-16,21,26-27,37-38H,17-20H2,1-2H3,(H,35,41)(H,39,40);5H2,1-3H3/t26-,27-;/m1./s1. The molecule has 0 fully saturated rings. The predicted octanol–water partition coefficient (Wildman–Crippen LogP) is 7.06. The van der Waals surface area contributed by atoms with Crippen LogP contribution in [0.2, 0.25) is 0 Å². The largest absolute Gasteiger partial charge is 0.481 e. The Hall–Kier alpha value is -4.31. The lowest BCUT2D eigenvalue weighted by Gasteiger charge is -2.20. The topological polar surface area (TPSA) is 138 Å². The number of aromatic nitrogens is 1. The first-order valence-electron chi connectivity index (χ1n) is 15.5. The van der Waals surface area contributed by atoms with Gasteiger partial charge in [0.15, 0.2) is 0 Å². The molecule has 1 amide bonds. The molecule has 2 atom stereocenters. The summed E-state index contributed by atoms with van der Waals surface area (Å²) in [5, 5.41) is 32.8. The number of carboxylic acids is 1. The van der Waals surface area contributed by atoms with Gasteiger partial charge in [0.05, 0.1) is 29.9 Å². The van der Waals surface area contributed by atoms with E-state index in [0.29, 0.717) is 28.1 Å². The third kappa shape index (κ3) is 10.7. The van der Waals surface area contributed by atoms with Crippen molar-refractivity contribution in [1.29, 1.82) is 0 Å². The Labute approximate surface area is 270 Å². The number of aliphatic carboxylic acids is 1. The average Bonchev–Trinajstić information content (AvgIpc) is 3.32. The second-order valence-electron chi connectivity index (χ2n) is 12.8. The molecule has 0 aliphatic heterocycles. The van der Waals surface area contributed by atoms with Gasteiger partial charge in [0, 0.05) is 29.0 Å². The molecule has 6 N–H and O–H groups in total. The number of nitrogens with one attached hydrogen (secondary N) is 1. The lowest BCUT2D eigenvalue weighted by atomic mass is 9.94. The Kier molecular flexibility index (Phi) is 12.8. The first-order chi connectivity index (χ1) is 21.7. The molecule has 0 aliphatic rings. The summed E-state index contributed by atoms with van der Waals surface area (Å²) in [7, 11) is 0. The molecule has 46 heavy (non-hydrogen) atoms. The lowest BCUT2D eigenvalue weighted by molar-refractivity contribution is -0.139. The summed E-state index contributed by atoms with van der Waals surface area (Å²) in [6.45, 7) is 10.1. The van der Waals surface area contributed by atoms with E-state index in [2.05, 4.69) is 5.32 Å². The molecule has 0 unspecified atom stereocenters. The van der Waals surface area contributed by atoms with Crippen LogP contribution < -0.4 is 11.1 Å². The molecule has 1 heterocycles. The molecule has 3 aromatic carbocycles. The fraction of sp³-hybridized carbons (Fsp3) is 0.351. The molecule has 0 saturated carbocycles. The Morgan fingerprint density at radius 1 is 0.870 bits per heavy atom. The summed E-state index contributed by atoms with van der Waals surface area (Å²) in [6.07, 6.45) is -2.51. The van der Waals surface area contributed by atoms with Crippen molar-refractivity contribution in [2.24, 2.45) is 5.73 Å². The maximum Gasteiger partial charge on any atom is 0.305 e. The highest BCUT2D eigenvalue weighted by molar-refractivity contribution is 6.12. The second-order valence-corrected chi connectivity index (χ2v) is 12.8. The van der Waals surface area contributed by atoms with Gasteiger partial charge in [-0.05, 0) is 87.1 Å². The quantitative estimate of drug-likeness (QED) is 0.114. The molecule has 0 aliphatic carbocycles. The van der Waals surface area contributed by atoms with Crippen molar-refractivity contribution < 1.29 is 29.3 Å². The third-order valence-electron chi connectivity index (χ3n) is 6.93. The van der Waals surface area contributed by atoms with Crippen LogP contribution in [0.3, 0.4) is 0 Å². The summed E-state index contributed by atoms with van der Waals surface area (Å²) in [6, 6.07) is 24.8.